The molecule has 0 saturated carbocycles. The minimum atomic E-state index is -4.60. The molecule has 0 aliphatic rings. The summed E-state index contributed by atoms with van der Waals surface area (Å²) in [5.74, 6) is 1.96. The molecule has 11 heteroatoms. The van der Waals surface area contributed by atoms with Crippen molar-refractivity contribution in [2.24, 2.45) is 5.92 Å². The lowest BCUT2D eigenvalue weighted by Gasteiger charge is -2.30. The number of hydrogen-bond acceptors (Lipinski definition) is 7. The zero-order chi connectivity index (χ0) is 29.0. The van der Waals surface area contributed by atoms with Crippen LogP contribution in [0.2, 0.25) is 0 Å². The fourth-order valence-corrected chi connectivity index (χ4v) is 4.58. The van der Waals surface area contributed by atoms with Gasteiger partial charge in [-0.3, -0.25) is 10.1 Å². The fraction of sp³-hybridized carbons (Fsp3) is 0.536. The van der Waals surface area contributed by atoms with Crippen LogP contribution in [0.5, 0.6) is 17.2 Å². The number of carbonyl (C=O) groups is 1. The molecule has 2 aromatic rings. The van der Waals surface area contributed by atoms with Gasteiger partial charge in [0.15, 0.2) is 0 Å². The Morgan fingerprint density at radius 2 is 1.62 bits per heavy atom. The molecule has 0 heterocycles. The largest absolute Gasteiger partial charge is 0.497 e. The van der Waals surface area contributed by atoms with Crippen LogP contribution in [0.1, 0.15) is 38.3 Å². The van der Waals surface area contributed by atoms with Gasteiger partial charge in [0.2, 0.25) is 5.91 Å². The maximum atomic E-state index is 14.2. The first-order valence-electron chi connectivity index (χ1n) is 12.7. The number of ether oxygens (including phenoxy) is 3. The molecule has 0 fully saturated rings. The number of anilines is 1. The van der Waals surface area contributed by atoms with E-state index in [1.807, 2.05) is 26.2 Å². The molecule has 0 aliphatic heterocycles. The summed E-state index contributed by atoms with van der Waals surface area (Å²) in [5, 5.41) is 8.89. The zero-order valence-corrected chi connectivity index (χ0v) is 24.2. The molecule has 0 aliphatic carbocycles. The van der Waals surface area contributed by atoms with Crippen molar-refractivity contribution in [2.75, 3.05) is 45.2 Å². The number of amides is 1. The van der Waals surface area contributed by atoms with Crippen LogP contribution in [0.25, 0.3) is 0 Å². The molecule has 7 nitrogen and oxygen atoms in total. The Morgan fingerprint density at radius 1 is 0.974 bits per heavy atom. The number of hydrogen-bond donors (Lipinski definition) is 3. The highest BCUT2D eigenvalue weighted by molar-refractivity contribution is 7.98. The second-order valence-electron chi connectivity index (χ2n) is 9.53. The van der Waals surface area contributed by atoms with Crippen LogP contribution in [-0.2, 0) is 4.79 Å². The highest BCUT2D eigenvalue weighted by Crippen LogP contribution is 2.34. The number of carbonyl (C=O) groups excluding carboxylic acids is 1. The summed E-state index contributed by atoms with van der Waals surface area (Å²) in [7, 11) is 4.56. The van der Waals surface area contributed by atoms with Gasteiger partial charge in [0, 0.05) is 18.7 Å². The van der Waals surface area contributed by atoms with Crippen LogP contribution >= 0.6 is 11.8 Å². The predicted molar refractivity (Wildman–Crippen MR) is 151 cm³/mol. The van der Waals surface area contributed by atoms with Gasteiger partial charge >= 0.3 is 6.18 Å². The Balaban J connectivity index is 2.22. The Labute approximate surface area is 233 Å². The summed E-state index contributed by atoms with van der Waals surface area (Å²) in [6.07, 6.45) is -1.77. The van der Waals surface area contributed by atoms with E-state index in [4.69, 9.17) is 14.2 Å². The zero-order valence-electron chi connectivity index (χ0n) is 23.4. The first kappa shape index (κ1) is 32.4. The quantitative estimate of drug-likeness (QED) is 0.240. The van der Waals surface area contributed by atoms with Gasteiger partial charge in [0.05, 0.1) is 33.1 Å². The van der Waals surface area contributed by atoms with E-state index < -0.39 is 24.2 Å². The van der Waals surface area contributed by atoms with Crippen LogP contribution in [0.3, 0.4) is 0 Å². The third-order valence-corrected chi connectivity index (χ3v) is 6.78. The molecule has 39 heavy (non-hydrogen) atoms. The Bertz CT molecular complexity index is 1020. The van der Waals surface area contributed by atoms with Crippen LogP contribution in [0.4, 0.5) is 18.9 Å². The Morgan fingerprint density at radius 3 is 2.15 bits per heavy atom. The minimum Gasteiger partial charge on any atom is -0.497 e. The van der Waals surface area contributed by atoms with Gasteiger partial charge in [-0.1, -0.05) is 26.0 Å². The summed E-state index contributed by atoms with van der Waals surface area (Å²) >= 11 is 1.63. The molecule has 0 bridgehead atoms. The van der Waals surface area contributed by atoms with Gasteiger partial charge in [-0.15, -0.1) is 0 Å². The van der Waals surface area contributed by atoms with Crippen LogP contribution in [0, 0.1) is 5.92 Å². The van der Waals surface area contributed by atoms with Gasteiger partial charge < -0.3 is 24.8 Å². The fourth-order valence-electron chi connectivity index (χ4n) is 4.06. The van der Waals surface area contributed by atoms with E-state index in [2.05, 4.69) is 16.0 Å². The smallest absolute Gasteiger partial charge is 0.407 e. The molecule has 2 rings (SSSR count). The van der Waals surface area contributed by atoms with E-state index in [0.29, 0.717) is 30.2 Å². The van der Waals surface area contributed by atoms with Crippen molar-refractivity contribution >= 4 is 23.4 Å². The number of benzene rings is 2. The van der Waals surface area contributed by atoms with E-state index in [0.717, 1.165) is 11.4 Å². The molecule has 0 radical (unpaired) electrons. The molecule has 0 unspecified atom stereocenters. The van der Waals surface area contributed by atoms with Crippen LogP contribution in [-0.4, -0.2) is 64.0 Å². The third-order valence-electron chi connectivity index (χ3n) is 6.13. The molecule has 1 amide bonds. The summed E-state index contributed by atoms with van der Waals surface area (Å²) < 4.78 is 58.2. The summed E-state index contributed by atoms with van der Waals surface area (Å²) in [4.78, 5) is 13.4. The first-order chi connectivity index (χ1) is 18.5. The number of methoxy groups -OCH3 is 3. The molecule has 218 valence electrons. The summed E-state index contributed by atoms with van der Waals surface area (Å²) in [6.45, 7) is 4.12. The number of rotatable bonds is 16. The van der Waals surface area contributed by atoms with Gasteiger partial charge in [0.25, 0.3) is 0 Å². The molecular formula is C28H40F3N3O4S. The Hall–Kier alpha value is -2.79. The molecule has 0 aromatic heterocycles. The maximum absolute atomic E-state index is 14.2. The van der Waals surface area contributed by atoms with Gasteiger partial charge in [-0.05, 0) is 60.6 Å². The van der Waals surface area contributed by atoms with E-state index in [-0.39, 0.29) is 23.9 Å². The summed E-state index contributed by atoms with van der Waals surface area (Å²) in [6, 6.07) is 7.65. The molecular weight excluding hydrogens is 531 g/mol. The van der Waals surface area contributed by atoms with Crippen molar-refractivity contribution in [2.45, 2.75) is 51.0 Å². The van der Waals surface area contributed by atoms with Gasteiger partial charge in [0.1, 0.15) is 23.3 Å². The second kappa shape index (κ2) is 15.7. The standard InChI is InChI=1S/C28H40F3N3O4S/c1-18(2)15-24(34-26(28(29,30)31)19-7-9-21(36-3)10-8-19)27(35)33-20(13-14-39-6)17-32-23-12-11-22(37-4)16-25(23)38-5/h7-12,16,18,20,24,26,32,34H,13-15,17H2,1-6H3,(H,33,35)/t20-,24-,26-/m0/s1. The summed E-state index contributed by atoms with van der Waals surface area (Å²) in [5.41, 5.74) is 0.729. The molecule has 0 saturated heterocycles. The average molecular weight is 572 g/mol. The van der Waals surface area contributed by atoms with Gasteiger partial charge in [-0.25, -0.2) is 0 Å². The van der Waals surface area contributed by atoms with E-state index in [9.17, 15) is 18.0 Å². The van der Waals surface area contributed by atoms with E-state index >= 15 is 0 Å². The van der Waals surface area contributed by atoms with Crippen molar-refractivity contribution in [3.05, 3.63) is 48.0 Å². The maximum Gasteiger partial charge on any atom is 0.407 e. The predicted octanol–water partition coefficient (Wildman–Crippen LogP) is 5.67. The normalized spacial score (nSPS) is 13.9. The Kier molecular flexibility index (Phi) is 13.1. The number of nitrogens with one attached hydrogen (secondary N) is 3. The lowest BCUT2D eigenvalue weighted by Crippen LogP contribution is -2.52. The minimum absolute atomic E-state index is 0.00988. The van der Waals surface area contributed by atoms with Crippen molar-refractivity contribution in [1.82, 2.24) is 10.6 Å². The highest BCUT2D eigenvalue weighted by atomic mass is 32.2. The van der Waals surface area contributed by atoms with Gasteiger partial charge in [-0.2, -0.15) is 24.9 Å². The molecule has 0 spiro atoms. The number of alkyl halides is 3. The SMILES string of the molecule is COc1ccc([C@H](N[C@@H](CC(C)C)C(=O)N[C@@H](CCSC)CNc2ccc(OC)cc2OC)C(F)(F)F)cc1. The van der Waals surface area contributed by atoms with Crippen molar-refractivity contribution < 1.29 is 32.2 Å². The van der Waals surface area contributed by atoms with Crippen LogP contribution in [0.15, 0.2) is 42.5 Å². The lowest BCUT2D eigenvalue weighted by molar-refractivity contribution is -0.161. The monoisotopic (exact) mass is 571 g/mol. The number of halogens is 3. The average Bonchev–Trinajstić information content (AvgIpc) is 2.91. The molecule has 2 aromatic carbocycles. The van der Waals surface area contributed by atoms with E-state index in [1.165, 1.54) is 31.4 Å². The first-order valence-corrected chi connectivity index (χ1v) is 14.1. The topological polar surface area (TPSA) is 80.9 Å². The van der Waals surface area contributed by atoms with Crippen molar-refractivity contribution in [3.63, 3.8) is 0 Å². The molecule has 3 N–H and O–H groups in total. The lowest BCUT2D eigenvalue weighted by atomic mass is 9.99. The molecule has 3 atom stereocenters. The van der Waals surface area contributed by atoms with Crippen LogP contribution < -0.4 is 30.2 Å². The van der Waals surface area contributed by atoms with E-state index in [1.54, 1.807) is 38.1 Å². The highest BCUT2D eigenvalue weighted by Gasteiger charge is 2.43. The number of thioether (sulfide) groups is 1. The van der Waals surface area contributed by atoms with Crippen molar-refractivity contribution in [1.29, 1.82) is 0 Å². The van der Waals surface area contributed by atoms with Crippen molar-refractivity contribution in [3.8, 4) is 17.2 Å². The third kappa shape index (κ3) is 10.4. The second-order valence-corrected chi connectivity index (χ2v) is 10.5.